The Labute approximate surface area is 147 Å². The summed E-state index contributed by atoms with van der Waals surface area (Å²) in [5.74, 6) is -0.0270. The number of esters is 1. The van der Waals surface area contributed by atoms with Crippen molar-refractivity contribution >= 4 is 35.0 Å². The van der Waals surface area contributed by atoms with E-state index in [0.29, 0.717) is 15.7 Å². The summed E-state index contributed by atoms with van der Waals surface area (Å²) in [6.07, 6.45) is 1.73. The summed E-state index contributed by atoms with van der Waals surface area (Å²) in [7, 11) is 0. The predicted octanol–water partition coefficient (Wildman–Crippen LogP) is 4.21. The molecular formula is C16H14ClNO5S. The first-order valence-electron chi connectivity index (χ1n) is 6.89. The first kappa shape index (κ1) is 18.1. The SMILES string of the molecule is CSc1ccc(C(=O)OCCOc2ccc(Cl)cc2)cc1[N+](=O)[O-]. The van der Waals surface area contributed by atoms with Crippen LogP contribution in [-0.4, -0.2) is 30.4 Å². The number of nitro benzene ring substituents is 1. The number of carbonyl (C=O) groups is 1. The van der Waals surface area contributed by atoms with Crippen LogP contribution >= 0.6 is 23.4 Å². The molecule has 0 spiro atoms. The lowest BCUT2D eigenvalue weighted by molar-refractivity contribution is -0.387. The number of nitrogens with zero attached hydrogens (tertiary/aromatic N) is 1. The van der Waals surface area contributed by atoms with Gasteiger partial charge >= 0.3 is 5.97 Å². The van der Waals surface area contributed by atoms with Crippen LogP contribution in [0.25, 0.3) is 0 Å². The summed E-state index contributed by atoms with van der Waals surface area (Å²) in [4.78, 5) is 22.9. The van der Waals surface area contributed by atoms with Gasteiger partial charge in [0.25, 0.3) is 5.69 Å². The van der Waals surface area contributed by atoms with Crippen LogP contribution in [0, 0.1) is 10.1 Å². The van der Waals surface area contributed by atoms with E-state index in [-0.39, 0.29) is 24.5 Å². The van der Waals surface area contributed by atoms with E-state index in [1.165, 1.54) is 30.0 Å². The molecule has 6 nitrogen and oxygen atoms in total. The van der Waals surface area contributed by atoms with Gasteiger partial charge in [-0.2, -0.15) is 0 Å². The first-order chi connectivity index (χ1) is 11.5. The summed E-state index contributed by atoms with van der Waals surface area (Å²) in [6.45, 7) is 0.192. The molecule has 0 saturated heterocycles. The molecule has 0 aliphatic carbocycles. The Kier molecular flexibility index (Phi) is 6.45. The van der Waals surface area contributed by atoms with Crippen LogP contribution in [0.2, 0.25) is 5.02 Å². The van der Waals surface area contributed by atoms with Crippen molar-refractivity contribution in [3.8, 4) is 5.75 Å². The number of nitro groups is 1. The summed E-state index contributed by atoms with van der Waals surface area (Å²) in [6, 6.07) is 11.0. The zero-order valence-electron chi connectivity index (χ0n) is 12.7. The molecule has 2 aromatic carbocycles. The average molecular weight is 368 g/mol. The van der Waals surface area contributed by atoms with Crippen LogP contribution in [0.4, 0.5) is 5.69 Å². The number of rotatable bonds is 7. The van der Waals surface area contributed by atoms with Crippen LogP contribution in [0.5, 0.6) is 5.75 Å². The number of hydrogen-bond acceptors (Lipinski definition) is 6. The van der Waals surface area contributed by atoms with Crippen LogP contribution in [0.15, 0.2) is 47.4 Å². The molecular weight excluding hydrogens is 354 g/mol. The molecule has 0 heterocycles. The minimum Gasteiger partial charge on any atom is -0.490 e. The fraction of sp³-hybridized carbons (Fsp3) is 0.188. The second kappa shape index (κ2) is 8.56. The molecule has 0 aliphatic rings. The van der Waals surface area contributed by atoms with Crippen LogP contribution in [0.1, 0.15) is 10.4 Å². The normalized spacial score (nSPS) is 10.2. The standard InChI is InChI=1S/C16H14ClNO5S/c1-24-15-7-2-11(10-14(15)18(20)21)16(19)23-9-8-22-13-5-3-12(17)4-6-13/h2-7,10H,8-9H2,1H3. The Bertz CT molecular complexity index is 736. The van der Waals surface area contributed by atoms with Gasteiger partial charge in [0.1, 0.15) is 19.0 Å². The summed E-state index contributed by atoms with van der Waals surface area (Å²) in [5, 5.41) is 11.6. The lowest BCUT2D eigenvalue weighted by atomic mass is 10.2. The number of carbonyl (C=O) groups excluding carboxylic acids is 1. The molecule has 0 fully saturated rings. The molecule has 24 heavy (non-hydrogen) atoms. The van der Waals surface area contributed by atoms with Gasteiger partial charge in [-0.1, -0.05) is 11.6 Å². The molecule has 2 aromatic rings. The number of ether oxygens (including phenoxy) is 2. The van der Waals surface area contributed by atoms with Crippen molar-refractivity contribution in [1.29, 1.82) is 0 Å². The Morgan fingerprint density at radius 3 is 2.54 bits per heavy atom. The fourth-order valence-corrected chi connectivity index (χ4v) is 2.54. The number of hydrogen-bond donors (Lipinski definition) is 0. The van der Waals surface area contributed by atoms with Gasteiger partial charge in [0.15, 0.2) is 0 Å². The van der Waals surface area contributed by atoms with Gasteiger partial charge < -0.3 is 9.47 Å². The summed E-state index contributed by atoms with van der Waals surface area (Å²) >= 11 is 7.01. The molecule has 2 rings (SSSR count). The van der Waals surface area contributed by atoms with E-state index in [9.17, 15) is 14.9 Å². The van der Waals surface area contributed by atoms with E-state index >= 15 is 0 Å². The lowest BCUT2D eigenvalue weighted by Gasteiger charge is -2.08. The maximum absolute atomic E-state index is 12.0. The van der Waals surface area contributed by atoms with E-state index in [1.807, 2.05) is 0 Å². The molecule has 0 atom stereocenters. The zero-order valence-corrected chi connectivity index (χ0v) is 14.3. The Balaban J connectivity index is 1.89. The number of halogens is 1. The Morgan fingerprint density at radius 2 is 1.92 bits per heavy atom. The maximum Gasteiger partial charge on any atom is 0.338 e. The van der Waals surface area contributed by atoms with Gasteiger partial charge in [-0.3, -0.25) is 10.1 Å². The predicted molar refractivity (Wildman–Crippen MR) is 92.1 cm³/mol. The minimum absolute atomic E-state index is 0.0273. The van der Waals surface area contributed by atoms with Gasteiger partial charge in [-0.25, -0.2) is 4.79 Å². The van der Waals surface area contributed by atoms with Crippen molar-refractivity contribution in [3.05, 3.63) is 63.2 Å². The zero-order chi connectivity index (χ0) is 17.5. The molecule has 0 bridgehead atoms. The van der Waals surface area contributed by atoms with E-state index in [1.54, 1.807) is 30.5 Å². The third-order valence-electron chi connectivity index (χ3n) is 3.01. The first-order valence-corrected chi connectivity index (χ1v) is 8.49. The fourth-order valence-electron chi connectivity index (χ4n) is 1.87. The lowest BCUT2D eigenvalue weighted by Crippen LogP contribution is -2.12. The quantitative estimate of drug-likeness (QED) is 0.240. The highest BCUT2D eigenvalue weighted by Gasteiger charge is 2.17. The topological polar surface area (TPSA) is 78.7 Å². The minimum atomic E-state index is -0.634. The molecule has 0 radical (unpaired) electrons. The van der Waals surface area contributed by atoms with Gasteiger partial charge in [-0.15, -0.1) is 11.8 Å². The summed E-state index contributed by atoms with van der Waals surface area (Å²) < 4.78 is 10.5. The van der Waals surface area contributed by atoms with E-state index in [0.717, 1.165) is 0 Å². The molecule has 0 aliphatic heterocycles. The van der Waals surface area contributed by atoms with Gasteiger partial charge in [0.2, 0.25) is 0 Å². The van der Waals surface area contributed by atoms with E-state index < -0.39 is 10.9 Å². The molecule has 0 amide bonds. The molecule has 0 aromatic heterocycles. The van der Waals surface area contributed by atoms with Crippen molar-refractivity contribution in [1.82, 2.24) is 0 Å². The second-order valence-corrected chi connectivity index (χ2v) is 5.87. The van der Waals surface area contributed by atoms with Gasteiger partial charge in [0, 0.05) is 11.1 Å². The van der Waals surface area contributed by atoms with Crippen molar-refractivity contribution in [2.24, 2.45) is 0 Å². The van der Waals surface area contributed by atoms with Crippen molar-refractivity contribution in [3.63, 3.8) is 0 Å². The van der Waals surface area contributed by atoms with Crippen LogP contribution in [0.3, 0.4) is 0 Å². The third kappa shape index (κ3) is 4.87. The van der Waals surface area contributed by atoms with Gasteiger partial charge in [-0.05, 0) is 42.7 Å². The van der Waals surface area contributed by atoms with Crippen LogP contribution in [-0.2, 0) is 4.74 Å². The Morgan fingerprint density at radius 1 is 1.21 bits per heavy atom. The smallest absolute Gasteiger partial charge is 0.338 e. The average Bonchev–Trinajstić information content (AvgIpc) is 2.59. The third-order valence-corrected chi connectivity index (χ3v) is 4.05. The van der Waals surface area contributed by atoms with Crippen molar-refractivity contribution in [2.45, 2.75) is 4.90 Å². The van der Waals surface area contributed by atoms with Crippen LogP contribution < -0.4 is 4.74 Å². The highest BCUT2D eigenvalue weighted by Crippen LogP contribution is 2.28. The number of benzene rings is 2. The summed E-state index contributed by atoms with van der Waals surface area (Å²) in [5.41, 5.74) is 0.0142. The molecule has 0 saturated carbocycles. The largest absolute Gasteiger partial charge is 0.490 e. The second-order valence-electron chi connectivity index (χ2n) is 4.58. The highest BCUT2D eigenvalue weighted by molar-refractivity contribution is 7.98. The molecule has 126 valence electrons. The van der Waals surface area contributed by atoms with E-state index in [2.05, 4.69) is 0 Å². The molecule has 0 unspecified atom stereocenters. The highest BCUT2D eigenvalue weighted by atomic mass is 35.5. The Hall–Kier alpha value is -2.25. The van der Waals surface area contributed by atoms with Gasteiger partial charge in [0.05, 0.1) is 15.4 Å². The van der Waals surface area contributed by atoms with Crippen molar-refractivity contribution < 1.29 is 19.2 Å². The molecule has 8 heteroatoms. The van der Waals surface area contributed by atoms with E-state index in [4.69, 9.17) is 21.1 Å². The number of thioether (sulfide) groups is 1. The maximum atomic E-state index is 12.0. The monoisotopic (exact) mass is 367 g/mol. The van der Waals surface area contributed by atoms with Crippen molar-refractivity contribution in [2.75, 3.05) is 19.5 Å². The molecule has 0 N–H and O–H groups in total.